The zero-order valence-electron chi connectivity index (χ0n) is 21.3. The molecule has 0 unspecified atom stereocenters. The minimum Gasteiger partial charge on any atom is -0.346 e. The van der Waals surface area contributed by atoms with Crippen molar-refractivity contribution >= 4 is 67.8 Å². The van der Waals surface area contributed by atoms with E-state index in [4.69, 9.17) is 0 Å². The van der Waals surface area contributed by atoms with Gasteiger partial charge in [-0.3, -0.25) is 28.8 Å². The van der Waals surface area contributed by atoms with Crippen LogP contribution in [0.3, 0.4) is 0 Å². The second kappa shape index (κ2) is 11.2. The van der Waals surface area contributed by atoms with Gasteiger partial charge in [-0.2, -0.15) is 0 Å². The van der Waals surface area contributed by atoms with E-state index in [-0.39, 0.29) is 0 Å². The maximum Gasteiger partial charge on any atom is 0.247 e. The molecule has 1 heterocycles. The lowest BCUT2D eigenvalue weighted by atomic mass is 9.89. The summed E-state index contributed by atoms with van der Waals surface area (Å²) in [6, 6.07) is 16.2. The molecule has 0 radical (unpaired) electrons. The van der Waals surface area contributed by atoms with Crippen LogP contribution < -0.4 is 31.9 Å². The highest BCUT2D eigenvalue weighted by atomic mass is 16.2. The first-order chi connectivity index (χ1) is 19.3. The molecule has 12 nitrogen and oxygen atoms in total. The van der Waals surface area contributed by atoms with Gasteiger partial charge in [-0.1, -0.05) is 54.6 Å². The number of amides is 6. The van der Waals surface area contributed by atoms with Gasteiger partial charge in [-0.25, -0.2) is 0 Å². The van der Waals surface area contributed by atoms with Gasteiger partial charge in [0, 0.05) is 0 Å². The second-order valence-corrected chi connectivity index (χ2v) is 9.34. The molecular weight excluding hydrogens is 516 g/mol. The predicted octanol–water partition coefficient (Wildman–Crippen LogP) is -0.664. The van der Waals surface area contributed by atoms with Crippen molar-refractivity contribution in [3.8, 4) is 0 Å². The molecule has 6 amide bonds. The highest BCUT2D eigenvalue weighted by Gasteiger charge is 2.26. The van der Waals surface area contributed by atoms with Gasteiger partial charge >= 0.3 is 0 Å². The monoisotopic (exact) mass is 542 g/mol. The molecule has 5 rings (SSSR count). The molecule has 4 aromatic rings. The highest BCUT2D eigenvalue weighted by Crippen LogP contribution is 2.37. The molecule has 12 heteroatoms. The lowest BCUT2D eigenvalue weighted by molar-refractivity contribution is -0.132. The molecule has 0 bridgehead atoms. The first-order valence-electron chi connectivity index (χ1n) is 12.6. The Balaban J connectivity index is 1.48. The van der Waals surface area contributed by atoms with Crippen LogP contribution in [-0.4, -0.2) is 68.2 Å². The van der Waals surface area contributed by atoms with Gasteiger partial charge in [-0.15, -0.1) is 0 Å². The fourth-order valence-electron chi connectivity index (χ4n) is 4.74. The number of carbonyl (C=O) groups excluding carboxylic acids is 6. The van der Waals surface area contributed by atoms with Crippen LogP contribution in [0.2, 0.25) is 0 Å². The molecular formula is C28H26N6O6. The van der Waals surface area contributed by atoms with E-state index in [1.807, 2.05) is 48.5 Å². The molecule has 0 saturated carbocycles. The molecule has 40 heavy (non-hydrogen) atoms. The third-order valence-electron chi connectivity index (χ3n) is 6.65. The average molecular weight is 543 g/mol. The summed E-state index contributed by atoms with van der Waals surface area (Å²) >= 11 is 0. The van der Waals surface area contributed by atoms with E-state index in [1.54, 1.807) is 6.07 Å². The Morgan fingerprint density at radius 2 is 0.925 bits per heavy atom. The second-order valence-electron chi connectivity index (χ2n) is 9.34. The molecule has 4 aromatic carbocycles. The Morgan fingerprint density at radius 1 is 0.475 bits per heavy atom. The molecule has 0 aliphatic carbocycles. The fraction of sp³-hybridized carbons (Fsp3) is 0.214. The standard InChI is InChI=1S/C28H26N6O6/c35-20-10-29-21(36)11-31-23(38)13-33-28(40)27(34-24(39)14-32-22(37)12-30-20)19-9-7-17-5-4-15-2-1-3-16-6-8-18(19)26(17)25(15)16/h1-9,27H,10-14H2,(H,29,36)(H,30,35)(H,31,38)(H,32,37)(H,33,40)(H,34,39)/t27-/m1/s1. The van der Waals surface area contributed by atoms with Gasteiger partial charge in [-0.05, 0) is 37.9 Å². The summed E-state index contributed by atoms with van der Waals surface area (Å²) in [6.07, 6.45) is 0. The number of nitrogens with one attached hydrogen (secondary N) is 6. The van der Waals surface area contributed by atoms with Gasteiger partial charge < -0.3 is 31.9 Å². The summed E-state index contributed by atoms with van der Waals surface area (Å²) in [5.74, 6) is -3.82. The maximum atomic E-state index is 13.4. The number of hydrogen-bond acceptors (Lipinski definition) is 6. The van der Waals surface area contributed by atoms with E-state index in [1.165, 1.54) is 0 Å². The van der Waals surface area contributed by atoms with Crippen molar-refractivity contribution in [2.75, 3.05) is 32.7 Å². The molecule has 0 spiro atoms. The van der Waals surface area contributed by atoms with E-state index in [9.17, 15) is 28.8 Å². The molecule has 204 valence electrons. The van der Waals surface area contributed by atoms with Gasteiger partial charge in [0.25, 0.3) is 0 Å². The van der Waals surface area contributed by atoms with Crippen LogP contribution in [0.15, 0.2) is 54.6 Å². The zero-order chi connectivity index (χ0) is 28.2. The van der Waals surface area contributed by atoms with Crippen molar-refractivity contribution in [1.29, 1.82) is 0 Å². The summed E-state index contributed by atoms with van der Waals surface area (Å²) in [7, 11) is 0. The molecule has 1 atom stereocenters. The van der Waals surface area contributed by atoms with Crippen LogP contribution in [-0.2, 0) is 28.8 Å². The quantitative estimate of drug-likeness (QED) is 0.174. The largest absolute Gasteiger partial charge is 0.346 e. The number of benzene rings is 4. The molecule has 6 N–H and O–H groups in total. The Labute approximate surface area is 227 Å². The maximum absolute atomic E-state index is 13.4. The van der Waals surface area contributed by atoms with Gasteiger partial charge in [0.05, 0.1) is 32.7 Å². The van der Waals surface area contributed by atoms with Crippen LogP contribution in [0.4, 0.5) is 0 Å². The van der Waals surface area contributed by atoms with Crippen molar-refractivity contribution in [2.45, 2.75) is 6.04 Å². The molecule has 1 aliphatic heterocycles. The lowest BCUT2D eigenvalue weighted by Gasteiger charge is -2.22. The molecule has 1 aliphatic rings. The first kappa shape index (κ1) is 26.4. The van der Waals surface area contributed by atoms with Crippen LogP contribution in [0.25, 0.3) is 32.3 Å². The molecule has 1 fully saturated rings. The summed E-state index contributed by atoms with van der Waals surface area (Å²) in [6.45, 7) is -2.15. The van der Waals surface area contributed by atoms with Crippen molar-refractivity contribution in [3.63, 3.8) is 0 Å². The smallest absolute Gasteiger partial charge is 0.247 e. The fourth-order valence-corrected chi connectivity index (χ4v) is 4.74. The van der Waals surface area contributed by atoms with Crippen LogP contribution >= 0.6 is 0 Å². The van der Waals surface area contributed by atoms with Crippen molar-refractivity contribution in [2.24, 2.45) is 0 Å². The summed E-state index contributed by atoms with van der Waals surface area (Å²) in [4.78, 5) is 74.5. The SMILES string of the molecule is O=C1CNC(=O)CNC(=O)CNC(=O)[C@@H](c2ccc3ccc4cccc5ccc2c3c45)NC(=O)CNC(=O)CN1. The van der Waals surface area contributed by atoms with Crippen molar-refractivity contribution < 1.29 is 28.8 Å². The molecule has 1 saturated heterocycles. The van der Waals surface area contributed by atoms with E-state index in [2.05, 4.69) is 31.9 Å². The Hall–Kier alpha value is -5.26. The Bertz CT molecular complexity index is 1650. The summed E-state index contributed by atoms with van der Waals surface area (Å²) in [5.41, 5.74) is 0.504. The highest BCUT2D eigenvalue weighted by molar-refractivity contribution is 6.24. The number of carbonyl (C=O) groups is 6. The summed E-state index contributed by atoms with van der Waals surface area (Å²) < 4.78 is 0. The number of rotatable bonds is 1. The first-order valence-corrected chi connectivity index (χ1v) is 12.6. The topological polar surface area (TPSA) is 175 Å². The van der Waals surface area contributed by atoms with Crippen LogP contribution in [0.5, 0.6) is 0 Å². The van der Waals surface area contributed by atoms with E-state index < -0.39 is 74.2 Å². The van der Waals surface area contributed by atoms with E-state index >= 15 is 0 Å². The average Bonchev–Trinajstić information content (AvgIpc) is 2.96. The third kappa shape index (κ3) is 5.60. The normalized spacial score (nSPS) is 18.8. The predicted molar refractivity (Wildman–Crippen MR) is 146 cm³/mol. The van der Waals surface area contributed by atoms with Crippen LogP contribution in [0.1, 0.15) is 11.6 Å². The van der Waals surface area contributed by atoms with Gasteiger partial charge in [0.15, 0.2) is 0 Å². The van der Waals surface area contributed by atoms with Crippen molar-refractivity contribution in [1.82, 2.24) is 31.9 Å². The van der Waals surface area contributed by atoms with Crippen LogP contribution in [0, 0.1) is 0 Å². The summed E-state index contributed by atoms with van der Waals surface area (Å²) in [5, 5.41) is 20.3. The van der Waals surface area contributed by atoms with E-state index in [0.717, 1.165) is 32.3 Å². The minimum atomic E-state index is -1.20. The Morgan fingerprint density at radius 3 is 1.50 bits per heavy atom. The third-order valence-corrected chi connectivity index (χ3v) is 6.65. The number of hydrogen-bond donors (Lipinski definition) is 6. The van der Waals surface area contributed by atoms with E-state index in [0.29, 0.717) is 5.56 Å². The Kier molecular flexibility index (Phi) is 7.40. The molecule has 0 aromatic heterocycles. The van der Waals surface area contributed by atoms with Gasteiger partial charge in [0.1, 0.15) is 6.04 Å². The van der Waals surface area contributed by atoms with Crippen molar-refractivity contribution in [3.05, 3.63) is 60.2 Å². The van der Waals surface area contributed by atoms with Gasteiger partial charge in [0.2, 0.25) is 35.4 Å². The zero-order valence-corrected chi connectivity index (χ0v) is 21.3. The minimum absolute atomic E-state index is 0.403. The lowest BCUT2D eigenvalue weighted by Crippen LogP contribution is -2.49.